The fourth-order valence-electron chi connectivity index (χ4n) is 4.84. The summed E-state index contributed by atoms with van der Waals surface area (Å²) in [6.07, 6.45) is 2.93. The maximum atomic E-state index is 15.2. The molecule has 3 heterocycles. The van der Waals surface area contributed by atoms with Gasteiger partial charge in [0.2, 0.25) is 0 Å². The summed E-state index contributed by atoms with van der Waals surface area (Å²) in [6.45, 7) is 19.3. The molecule has 0 aliphatic carbocycles. The molecule has 1 aliphatic heterocycles. The number of piperidine rings is 1. The Hall–Kier alpha value is -3.75. The van der Waals surface area contributed by atoms with Gasteiger partial charge in [0.15, 0.2) is 5.82 Å². The molecule has 0 atom stereocenters. The van der Waals surface area contributed by atoms with E-state index in [9.17, 15) is 9.59 Å². The summed E-state index contributed by atoms with van der Waals surface area (Å²) in [7, 11) is 1.61. The molecule has 4 rings (SSSR count). The quantitative estimate of drug-likeness (QED) is 0.376. The molecule has 0 bridgehead atoms. The minimum Gasteiger partial charge on any atom is -0.385 e. The third-order valence-electron chi connectivity index (χ3n) is 6.75. The van der Waals surface area contributed by atoms with E-state index in [0.29, 0.717) is 48.6 Å². The SMILES string of the molecule is CC.CC(C)=N/C(C)=C(\C)NC(C)C.Cc1ccc2c(F)c(N3CCC(n4ncccc4=O)CC3)n(C)c(=O)c2c1. The van der Waals surface area contributed by atoms with Crippen molar-refractivity contribution in [3.8, 4) is 0 Å². The van der Waals surface area contributed by atoms with Crippen molar-refractivity contribution in [3.05, 3.63) is 80.0 Å². The van der Waals surface area contributed by atoms with Crippen molar-refractivity contribution >= 4 is 22.3 Å². The molecular formula is C32H47FN6O2. The Labute approximate surface area is 243 Å². The highest BCUT2D eigenvalue weighted by Gasteiger charge is 2.26. The molecule has 41 heavy (non-hydrogen) atoms. The first-order valence-corrected chi connectivity index (χ1v) is 14.4. The molecule has 1 saturated heterocycles. The zero-order valence-corrected chi connectivity index (χ0v) is 26.4. The van der Waals surface area contributed by atoms with Gasteiger partial charge in [0.05, 0.1) is 17.1 Å². The number of nitrogens with one attached hydrogen (secondary N) is 1. The molecule has 3 aromatic rings. The predicted octanol–water partition coefficient (Wildman–Crippen LogP) is 6.13. The lowest BCUT2D eigenvalue weighted by molar-refractivity contribution is 0.349. The second-order valence-corrected chi connectivity index (χ2v) is 10.6. The molecule has 2 aromatic heterocycles. The van der Waals surface area contributed by atoms with Gasteiger partial charge in [-0.15, -0.1) is 0 Å². The van der Waals surface area contributed by atoms with E-state index < -0.39 is 0 Å². The molecule has 8 nitrogen and oxygen atoms in total. The largest absolute Gasteiger partial charge is 0.385 e. The average molecular weight is 567 g/mol. The minimum absolute atomic E-state index is 0.0156. The van der Waals surface area contributed by atoms with Crippen LogP contribution in [0.1, 0.15) is 79.8 Å². The fraction of sp³-hybridized carbons (Fsp3) is 0.500. The molecule has 9 heteroatoms. The van der Waals surface area contributed by atoms with E-state index in [1.165, 1.54) is 15.3 Å². The Kier molecular flexibility index (Phi) is 12.5. The zero-order valence-electron chi connectivity index (χ0n) is 26.4. The van der Waals surface area contributed by atoms with Gasteiger partial charge in [0, 0.05) is 55.2 Å². The predicted molar refractivity (Wildman–Crippen MR) is 170 cm³/mol. The van der Waals surface area contributed by atoms with Crippen LogP contribution in [0.4, 0.5) is 10.2 Å². The van der Waals surface area contributed by atoms with Crippen molar-refractivity contribution in [2.45, 2.75) is 87.2 Å². The number of hydrogen-bond donors (Lipinski definition) is 1. The van der Waals surface area contributed by atoms with Crippen LogP contribution >= 0.6 is 0 Å². The lowest BCUT2D eigenvalue weighted by Crippen LogP contribution is -2.41. The highest BCUT2D eigenvalue weighted by Crippen LogP contribution is 2.29. The molecule has 1 N–H and O–H groups in total. The van der Waals surface area contributed by atoms with E-state index in [2.05, 4.69) is 36.2 Å². The van der Waals surface area contributed by atoms with Crippen LogP contribution in [0.25, 0.3) is 10.8 Å². The van der Waals surface area contributed by atoms with E-state index in [-0.39, 0.29) is 23.0 Å². The number of hydrogen-bond acceptors (Lipinski definition) is 6. The molecule has 224 valence electrons. The standard InChI is InChI=1S/C20H21FN4O2.C10H20N2.C2H6/c1-13-5-6-15-16(12-13)20(27)23(2)19(18(15)21)24-10-7-14(8-11-24)25-17(26)4-3-9-22-25;1-7(2)11-9(5)10(6)12-8(3)4;1-2/h3-6,9,12,14H,7-8,10-11H2,1-2H3;7,11H,1-6H3;1-2H3/b;10-9+;. The van der Waals surface area contributed by atoms with E-state index in [4.69, 9.17) is 0 Å². The molecule has 0 amide bonds. The molecule has 1 aromatic carbocycles. The number of benzene rings is 1. The van der Waals surface area contributed by atoms with Crippen LogP contribution in [0.15, 0.2) is 62.5 Å². The molecule has 0 radical (unpaired) electrons. The summed E-state index contributed by atoms with van der Waals surface area (Å²) in [6, 6.07) is 8.79. The van der Waals surface area contributed by atoms with Gasteiger partial charge < -0.3 is 10.2 Å². The molecule has 0 unspecified atom stereocenters. The van der Waals surface area contributed by atoms with Crippen LogP contribution in [-0.2, 0) is 7.05 Å². The third kappa shape index (κ3) is 8.62. The van der Waals surface area contributed by atoms with Gasteiger partial charge in [0.1, 0.15) is 5.82 Å². The van der Waals surface area contributed by atoms with Gasteiger partial charge in [0.25, 0.3) is 11.1 Å². The summed E-state index contributed by atoms with van der Waals surface area (Å²) >= 11 is 0. The van der Waals surface area contributed by atoms with Gasteiger partial charge >= 0.3 is 0 Å². The lowest BCUT2D eigenvalue weighted by Gasteiger charge is -2.34. The summed E-state index contributed by atoms with van der Waals surface area (Å²) in [4.78, 5) is 31.0. The normalized spacial score (nSPS) is 14.0. The van der Waals surface area contributed by atoms with Gasteiger partial charge in [-0.1, -0.05) is 31.5 Å². The number of pyridine rings is 1. The highest BCUT2D eigenvalue weighted by atomic mass is 19.1. The Morgan fingerprint density at radius 1 is 1.05 bits per heavy atom. The molecule has 0 spiro atoms. The first kappa shape index (κ1) is 33.5. The maximum Gasteiger partial charge on any atom is 0.266 e. The number of halogens is 1. The first-order chi connectivity index (χ1) is 19.4. The van der Waals surface area contributed by atoms with E-state index in [1.54, 1.807) is 31.4 Å². The van der Waals surface area contributed by atoms with Gasteiger partial charge in [-0.25, -0.2) is 9.07 Å². The fourth-order valence-corrected chi connectivity index (χ4v) is 4.84. The number of rotatable bonds is 5. The minimum atomic E-state index is -0.374. The van der Waals surface area contributed by atoms with Crippen LogP contribution in [0.5, 0.6) is 0 Å². The highest BCUT2D eigenvalue weighted by molar-refractivity contribution is 5.85. The molecule has 1 fully saturated rings. The van der Waals surface area contributed by atoms with Crippen LogP contribution in [0.2, 0.25) is 0 Å². The average Bonchev–Trinajstić information content (AvgIpc) is 2.93. The van der Waals surface area contributed by atoms with Crippen molar-refractivity contribution in [2.75, 3.05) is 18.0 Å². The molecular weight excluding hydrogens is 519 g/mol. The van der Waals surface area contributed by atoms with Gasteiger partial charge in [-0.2, -0.15) is 5.10 Å². The van der Waals surface area contributed by atoms with Gasteiger partial charge in [-0.05, 0) is 73.4 Å². The summed E-state index contributed by atoms with van der Waals surface area (Å²) in [5, 5.41) is 8.22. The van der Waals surface area contributed by atoms with Gasteiger partial charge in [-0.3, -0.25) is 19.1 Å². The van der Waals surface area contributed by atoms with Crippen molar-refractivity contribution < 1.29 is 4.39 Å². The second-order valence-electron chi connectivity index (χ2n) is 10.6. The van der Waals surface area contributed by atoms with E-state index in [0.717, 1.165) is 22.7 Å². The Morgan fingerprint density at radius 3 is 2.24 bits per heavy atom. The van der Waals surface area contributed by atoms with Crippen molar-refractivity contribution in [1.29, 1.82) is 0 Å². The lowest BCUT2D eigenvalue weighted by atomic mass is 10.0. The van der Waals surface area contributed by atoms with E-state index >= 15 is 4.39 Å². The molecule has 0 saturated carbocycles. The number of fused-ring (bicyclic) bond motifs is 1. The van der Waals surface area contributed by atoms with Crippen LogP contribution in [0.3, 0.4) is 0 Å². The smallest absolute Gasteiger partial charge is 0.266 e. The summed E-state index contributed by atoms with van der Waals surface area (Å²) < 4.78 is 18.1. The van der Waals surface area contributed by atoms with Crippen molar-refractivity contribution in [2.24, 2.45) is 12.0 Å². The summed E-state index contributed by atoms with van der Waals surface area (Å²) in [5.41, 5.74) is 3.92. The number of aliphatic imine (C=N–C) groups is 1. The second kappa shape index (κ2) is 15.3. The number of aryl methyl sites for hydroxylation is 1. The monoisotopic (exact) mass is 566 g/mol. The van der Waals surface area contributed by atoms with Crippen LogP contribution < -0.4 is 21.3 Å². The number of nitrogens with zero attached hydrogens (tertiary/aromatic N) is 5. The van der Waals surface area contributed by atoms with Crippen molar-refractivity contribution in [1.82, 2.24) is 19.7 Å². The Balaban J connectivity index is 0.000000357. The molecule has 1 aliphatic rings. The van der Waals surface area contributed by atoms with Crippen molar-refractivity contribution in [3.63, 3.8) is 0 Å². The topological polar surface area (TPSA) is 84.5 Å². The Bertz CT molecular complexity index is 1490. The van der Waals surface area contributed by atoms with E-state index in [1.807, 2.05) is 52.5 Å². The first-order valence-electron chi connectivity index (χ1n) is 14.4. The number of anilines is 1. The Morgan fingerprint density at radius 2 is 1.68 bits per heavy atom. The van der Waals surface area contributed by atoms with Crippen LogP contribution in [0, 0.1) is 12.7 Å². The zero-order chi connectivity index (χ0) is 30.9. The summed E-state index contributed by atoms with van der Waals surface area (Å²) in [5.74, 6) is -0.0660. The number of allylic oxidation sites excluding steroid dienone is 2. The maximum absolute atomic E-state index is 15.2. The van der Waals surface area contributed by atoms with Crippen LogP contribution in [-0.4, -0.2) is 39.2 Å². The number of aromatic nitrogens is 3. The third-order valence-corrected chi connectivity index (χ3v) is 6.75.